The van der Waals surface area contributed by atoms with E-state index < -0.39 is 0 Å². The zero-order valence-corrected chi connectivity index (χ0v) is 9.81. The van der Waals surface area contributed by atoms with E-state index in [0.717, 1.165) is 13.0 Å². The molecule has 0 bridgehead atoms. The zero-order chi connectivity index (χ0) is 9.10. The van der Waals surface area contributed by atoms with Crippen LogP contribution in [0.15, 0.2) is 17.5 Å². The number of ether oxygens (including phenoxy) is 1. The van der Waals surface area contributed by atoms with Crippen molar-refractivity contribution in [3.05, 3.63) is 22.4 Å². The van der Waals surface area contributed by atoms with Crippen molar-refractivity contribution in [2.75, 3.05) is 6.61 Å². The van der Waals surface area contributed by atoms with Gasteiger partial charge in [-0.1, -0.05) is 22.0 Å². The van der Waals surface area contributed by atoms with Crippen LogP contribution in [-0.4, -0.2) is 12.7 Å². The van der Waals surface area contributed by atoms with Crippen LogP contribution in [0, 0.1) is 0 Å². The molecule has 0 spiro atoms. The molecule has 2 heterocycles. The average molecular weight is 261 g/mol. The molecule has 0 radical (unpaired) electrons. The van der Waals surface area contributed by atoms with E-state index in [9.17, 15) is 0 Å². The third kappa shape index (κ3) is 2.55. The first-order chi connectivity index (χ1) is 6.36. The van der Waals surface area contributed by atoms with Gasteiger partial charge >= 0.3 is 0 Å². The Balaban J connectivity index is 1.87. The van der Waals surface area contributed by atoms with E-state index in [1.165, 1.54) is 17.7 Å². The van der Waals surface area contributed by atoms with Gasteiger partial charge in [-0.05, 0) is 30.7 Å². The summed E-state index contributed by atoms with van der Waals surface area (Å²) < 4.78 is 5.60. The summed E-state index contributed by atoms with van der Waals surface area (Å²) >= 11 is 5.52. The van der Waals surface area contributed by atoms with Crippen molar-refractivity contribution < 1.29 is 4.74 Å². The molecule has 1 saturated heterocycles. The van der Waals surface area contributed by atoms with E-state index in [0.29, 0.717) is 10.9 Å². The number of thiophene rings is 1. The summed E-state index contributed by atoms with van der Waals surface area (Å²) in [7, 11) is 0. The van der Waals surface area contributed by atoms with Crippen molar-refractivity contribution in [3.63, 3.8) is 0 Å². The number of hydrogen-bond acceptors (Lipinski definition) is 2. The van der Waals surface area contributed by atoms with Crippen LogP contribution in [0.3, 0.4) is 0 Å². The molecule has 2 atom stereocenters. The number of alkyl halides is 1. The predicted octanol–water partition coefficient (Wildman–Crippen LogP) is 3.75. The van der Waals surface area contributed by atoms with E-state index in [-0.39, 0.29) is 0 Å². The van der Waals surface area contributed by atoms with Crippen molar-refractivity contribution in [2.45, 2.75) is 30.2 Å². The molecular formula is C10H13BrOS. The fourth-order valence-corrected chi connectivity index (χ4v) is 3.26. The van der Waals surface area contributed by atoms with Crippen LogP contribution in [-0.2, 0) is 4.74 Å². The van der Waals surface area contributed by atoms with Crippen LogP contribution in [0.25, 0.3) is 0 Å². The minimum Gasteiger partial charge on any atom is -0.378 e. The monoisotopic (exact) mass is 260 g/mol. The molecule has 2 unspecified atom stereocenters. The minimum atomic E-state index is 0.478. The van der Waals surface area contributed by atoms with Gasteiger partial charge in [0.05, 0.1) is 10.9 Å². The molecule has 1 aromatic rings. The molecule has 1 nitrogen and oxygen atoms in total. The smallest absolute Gasteiger partial charge is 0.0590 e. The molecule has 1 aliphatic heterocycles. The summed E-state index contributed by atoms with van der Waals surface area (Å²) in [4.78, 5) is 1.89. The third-order valence-electron chi connectivity index (χ3n) is 2.35. The minimum absolute atomic E-state index is 0.478. The summed E-state index contributed by atoms with van der Waals surface area (Å²) in [6.45, 7) is 0.953. The maximum atomic E-state index is 5.60. The van der Waals surface area contributed by atoms with E-state index in [1.54, 1.807) is 0 Å². The molecule has 1 aliphatic rings. The SMILES string of the molecule is BrC(CC1CCCO1)c1cccs1. The standard InChI is InChI=1S/C10H13BrOS/c11-9(10-4-2-6-13-10)7-8-3-1-5-12-8/h2,4,6,8-9H,1,3,5,7H2. The maximum absolute atomic E-state index is 5.60. The quantitative estimate of drug-likeness (QED) is 0.753. The fourth-order valence-electron chi connectivity index (χ4n) is 1.65. The third-order valence-corrected chi connectivity index (χ3v) is 4.50. The lowest BCUT2D eigenvalue weighted by Crippen LogP contribution is -2.07. The molecule has 0 aliphatic carbocycles. The van der Waals surface area contributed by atoms with Crippen LogP contribution in [0.1, 0.15) is 29.0 Å². The summed E-state index contributed by atoms with van der Waals surface area (Å²) in [6, 6.07) is 4.28. The van der Waals surface area contributed by atoms with E-state index in [1.807, 2.05) is 11.3 Å². The first-order valence-electron chi connectivity index (χ1n) is 4.65. The Morgan fingerprint density at radius 1 is 1.69 bits per heavy atom. The van der Waals surface area contributed by atoms with Gasteiger partial charge in [-0.2, -0.15) is 0 Å². The summed E-state index contributed by atoms with van der Waals surface area (Å²) in [5.41, 5.74) is 0. The molecule has 1 fully saturated rings. The number of hydrogen-bond donors (Lipinski definition) is 0. The molecular weight excluding hydrogens is 248 g/mol. The van der Waals surface area contributed by atoms with Gasteiger partial charge < -0.3 is 4.74 Å². The lowest BCUT2D eigenvalue weighted by Gasteiger charge is -2.12. The molecule has 3 heteroatoms. The van der Waals surface area contributed by atoms with Crippen LogP contribution in [0.5, 0.6) is 0 Å². The Kier molecular flexibility index (Phi) is 3.41. The van der Waals surface area contributed by atoms with Gasteiger partial charge in [-0.15, -0.1) is 11.3 Å². The van der Waals surface area contributed by atoms with Gasteiger partial charge in [0.15, 0.2) is 0 Å². The van der Waals surface area contributed by atoms with E-state index in [4.69, 9.17) is 4.74 Å². The topological polar surface area (TPSA) is 9.23 Å². The highest BCUT2D eigenvalue weighted by Gasteiger charge is 2.20. The Labute approximate surface area is 91.2 Å². The van der Waals surface area contributed by atoms with Gasteiger partial charge in [-0.3, -0.25) is 0 Å². The molecule has 0 N–H and O–H groups in total. The molecule has 0 aromatic carbocycles. The molecule has 1 aromatic heterocycles. The second-order valence-corrected chi connectivity index (χ2v) is 5.44. The summed E-state index contributed by atoms with van der Waals surface area (Å²) in [5.74, 6) is 0. The van der Waals surface area contributed by atoms with Gasteiger partial charge in [0.2, 0.25) is 0 Å². The van der Waals surface area contributed by atoms with Crippen molar-refractivity contribution in [2.24, 2.45) is 0 Å². The van der Waals surface area contributed by atoms with Crippen molar-refractivity contribution in [1.29, 1.82) is 0 Å². The molecule has 72 valence electrons. The molecule has 2 rings (SSSR count). The highest BCUT2D eigenvalue weighted by atomic mass is 79.9. The second kappa shape index (κ2) is 4.58. The van der Waals surface area contributed by atoms with Crippen LogP contribution < -0.4 is 0 Å². The van der Waals surface area contributed by atoms with Crippen molar-refractivity contribution in [1.82, 2.24) is 0 Å². The van der Waals surface area contributed by atoms with Crippen molar-refractivity contribution in [3.8, 4) is 0 Å². The lowest BCUT2D eigenvalue weighted by molar-refractivity contribution is 0.104. The number of rotatable bonds is 3. The van der Waals surface area contributed by atoms with E-state index >= 15 is 0 Å². The van der Waals surface area contributed by atoms with Gasteiger partial charge in [0.1, 0.15) is 0 Å². The average Bonchev–Trinajstić information content (AvgIpc) is 2.74. The van der Waals surface area contributed by atoms with Crippen molar-refractivity contribution >= 4 is 27.3 Å². The highest BCUT2D eigenvalue weighted by Crippen LogP contribution is 2.33. The Bertz CT molecular complexity index is 241. The Morgan fingerprint density at radius 3 is 3.23 bits per heavy atom. The van der Waals surface area contributed by atoms with E-state index in [2.05, 4.69) is 33.4 Å². The maximum Gasteiger partial charge on any atom is 0.0590 e. The zero-order valence-electron chi connectivity index (χ0n) is 7.41. The van der Waals surface area contributed by atoms with Crippen LogP contribution >= 0.6 is 27.3 Å². The fraction of sp³-hybridized carbons (Fsp3) is 0.600. The first kappa shape index (κ1) is 9.69. The second-order valence-electron chi connectivity index (χ2n) is 3.35. The summed E-state index contributed by atoms with van der Waals surface area (Å²) in [6.07, 6.45) is 4.05. The van der Waals surface area contributed by atoms with Gasteiger partial charge in [0.25, 0.3) is 0 Å². The highest BCUT2D eigenvalue weighted by molar-refractivity contribution is 9.09. The predicted molar refractivity (Wildman–Crippen MR) is 59.6 cm³/mol. The molecule has 0 saturated carbocycles. The molecule has 13 heavy (non-hydrogen) atoms. The first-order valence-corrected chi connectivity index (χ1v) is 6.45. The Hall–Kier alpha value is 0.140. The van der Waals surface area contributed by atoms with Crippen LogP contribution in [0.2, 0.25) is 0 Å². The largest absolute Gasteiger partial charge is 0.378 e. The van der Waals surface area contributed by atoms with Gasteiger partial charge in [0, 0.05) is 11.5 Å². The molecule has 0 amide bonds. The number of halogens is 1. The summed E-state index contributed by atoms with van der Waals surface area (Å²) in [5, 5.41) is 2.12. The normalized spacial score (nSPS) is 24.8. The lowest BCUT2D eigenvalue weighted by atomic mass is 10.1. The van der Waals surface area contributed by atoms with Gasteiger partial charge in [-0.25, -0.2) is 0 Å². The Morgan fingerprint density at radius 2 is 2.62 bits per heavy atom. The van der Waals surface area contributed by atoms with Crippen LogP contribution in [0.4, 0.5) is 0 Å².